The Morgan fingerprint density at radius 2 is 1.61 bits per heavy atom. The van der Waals surface area contributed by atoms with Gasteiger partial charge in [0, 0.05) is 23.2 Å². The molecule has 156 valence electrons. The van der Waals surface area contributed by atoms with Crippen molar-refractivity contribution in [1.29, 1.82) is 0 Å². The van der Waals surface area contributed by atoms with Crippen LogP contribution < -0.4 is 5.32 Å². The average molecular weight is 430 g/mol. The molecule has 4 aromatic rings. The topological polar surface area (TPSA) is 45.2 Å². The van der Waals surface area contributed by atoms with Crippen molar-refractivity contribution in [2.45, 2.75) is 26.9 Å². The summed E-state index contributed by atoms with van der Waals surface area (Å²) in [7, 11) is 0. The van der Waals surface area contributed by atoms with Crippen LogP contribution in [-0.2, 0) is 13.1 Å². The molecular weight excluding hydrogens is 406 g/mol. The molecule has 4 nitrogen and oxygen atoms in total. The number of anilines is 1. The number of aromatic nitrogens is 1. The van der Waals surface area contributed by atoms with Crippen molar-refractivity contribution in [3.63, 3.8) is 0 Å². The first-order valence-corrected chi connectivity index (χ1v) is 10.6. The molecule has 4 rings (SSSR count). The fourth-order valence-corrected chi connectivity index (χ4v) is 3.92. The van der Waals surface area contributed by atoms with Gasteiger partial charge in [-0.3, -0.25) is 0 Å². The molecule has 0 bridgehead atoms. The van der Waals surface area contributed by atoms with Crippen LogP contribution in [0.5, 0.6) is 0 Å². The number of carbonyl (C=O) groups is 1. The number of rotatable bonds is 5. The van der Waals surface area contributed by atoms with E-state index in [1.807, 2.05) is 73.7 Å². The summed E-state index contributed by atoms with van der Waals surface area (Å²) in [5.74, 6) is 0. The number of fused-ring (bicyclic) bond motifs is 1. The van der Waals surface area contributed by atoms with E-state index in [1.54, 1.807) is 4.90 Å². The summed E-state index contributed by atoms with van der Waals surface area (Å²) in [4.78, 5) is 19.5. The number of aryl methyl sites for hydroxylation is 2. The molecule has 0 radical (unpaired) electrons. The third-order valence-electron chi connectivity index (χ3n) is 5.17. The first kappa shape index (κ1) is 20.9. The number of para-hydroxylation sites is 1. The largest absolute Gasteiger partial charge is 0.322 e. The van der Waals surface area contributed by atoms with Crippen molar-refractivity contribution in [2.24, 2.45) is 0 Å². The van der Waals surface area contributed by atoms with Crippen molar-refractivity contribution in [3.05, 3.63) is 106 Å². The minimum absolute atomic E-state index is 0.188. The van der Waals surface area contributed by atoms with Gasteiger partial charge in [0.2, 0.25) is 0 Å². The molecule has 0 unspecified atom stereocenters. The quantitative estimate of drug-likeness (QED) is 0.357. The lowest BCUT2D eigenvalue weighted by Gasteiger charge is -2.24. The van der Waals surface area contributed by atoms with Crippen LogP contribution in [0.3, 0.4) is 0 Å². The molecule has 3 aromatic carbocycles. The number of urea groups is 1. The van der Waals surface area contributed by atoms with Crippen LogP contribution in [0.2, 0.25) is 5.15 Å². The summed E-state index contributed by atoms with van der Waals surface area (Å²) < 4.78 is 0. The van der Waals surface area contributed by atoms with Gasteiger partial charge in [0.1, 0.15) is 5.15 Å². The molecule has 0 aliphatic heterocycles. The summed E-state index contributed by atoms with van der Waals surface area (Å²) in [6.07, 6.45) is 0. The molecule has 1 aromatic heterocycles. The number of amides is 2. The van der Waals surface area contributed by atoms with Crippen LogP contribution in [0.15, 0.2) is 78.9 Å². The molecule has 1 N–H and O–H groups in total. The summed E-state index contributed by atoms with van der Waals surface area (Å²) >= 11 is 6.56. The van der Waals surface area contributed by atoms with Gasteiger partial charge in [-0.2, -0.15) is 0 Å². The van der Waals surface area contributed by atoms with Crippen LogP contribution in [0.25, 0.3) is 10.9 Å². The molecule has 31 heavy (non-hydrogen) atoms. The fourth-order valence-electron chi connectivity index (χ4n) is 3.72. The molecule has 0 spiro atoms. The lowest BCUT2D eigenvalue weighted by Crippen LogP contribution is -2.34. The molecule has 0 fully saturated rings. The maximum Gasteiger partial charge on any atom is 0.322 e. The Balaban J connectivity index is 1.66. The Bertz CT molecular complexity index is 1210. The number of nitrogens with one attached hydrogen (secondary N) is 1. The van der Waals surface area contributed by atoms with Gasteiger partial charge in [0.05, 0.1) is 12.1 Å². The molecule has 0 atom stereocenters. The van der Waals surface area contributed by atoms with Gasteiger partial charge in [-0.05, 0) is 49.2 Å². The number of hydrogen-bond acceptors (Lipinski definition) is 2. The van der Waals surface area contributed by atoms with Crippen molar-refractivity contribution < 1.29 is 4.79 Å². The maximum atomic E-state index is 13.2. The molecule has 0 aliphatic rings. The molecular formula is C26H24ClN3O. The van der Waals surface area contributed by atoms with Crippen molar-refractivity contribution in [1.82, 2.24) is 9.88 Å². The first-order chi connectivity index (χ1) is 15.0. The zero-order chi connectivity index (χ0) is 21.8. The summed E-state index contributed by atoms with van der Waals surface area (Å²) in [6.45, 7) is 4.91. The summed E-state index contributed by atoms with van der Waals surface area (Å²) in [5.41, 5.74) is 5.76. The highest BCUT2D eigenvalue weighted by molar-refractivity contribution is 6.30. The lowest BCUT2D eigenvalue weighted by molar-refractivity contribution is 0.206. The minimum Gasteiger partial charge on any atom is -0.316 e. The van der Waals surface area contributed by atoms with Crippen molar-refractivity contribution in [2.75, 3.05) is 5.32 Å². The van der Waals surface area contributed by atoms with Crippen LogP contribution in [0.4, 0.5) is 10.5 Å². The van der Waals surface area contributed by atoms with Crippen LogP contribution >= 0.6 is 11.6 Å². The third-order valence-corrected chi connectivity index (χ3v) is 5.50. The van der Waals surface area contributed by atoms with Gasteiger partial charge >= 0.3 is 6.03 Å². The molecule has 0 saturated carbocycles. The summed E-state index contributed by atoms with van der Waals surface area (Å²) in [6, 6.07) is 25.4. The van der Waals surface area contributed by atoms with E-state index in [0.29, 0.717) is 18.2 Å². The molecule has 2 amide bonds. The number of nitrogens with zero attached hydrogens (tertiary/aromatic N) is 2. The zero-order valence-corrected chi connectivity index (χ0v) is 18.4. The minimum atomic E-state index is -0.188. The van der Waals surface area contributed by atoms with E-state index >= 15 is 0 Å². The lowest BCUT2D eigenvalue weighted by atomic mass is 10.1. The predicted octanol–water partition coefficient (Wildman–Crippen LogP) is 6.74. The first-order valence-electron chi connectivity index (χ1n) is 10.2. The zero-order valence-electron chi connectivity index (χ0n) is 17.6. The normalized spacial score (nSPS) is 10.8. The third kappa shape index (κ3) is 5.04. The predicted molar refractivity (Wildman–Crippen MR) is 127 cm³/mol. The van der Waals surface area contributed by atoms with E-state index < -0.39 is 0 Å². The smallest absolute Gasteiger partial charge is 0.316 e. The highest BCUT2D eigenvalue weighted by atomic mass is 35.5. The van der Waals surface area contributed by atoms with E-state index in [9.17, 15) is 4.79 Å². The second-order valence-electron chi connectivity index (χ2n) is 7.73. The van der Waals surface area contributed by atoms with Gasteiger partial charge in [-0.25, -0.2) is 9.78 Å². The van der Waals surface area contributed by atoms with E-state index in [1.165, 1.54) is 5.56 Å². The van der Waals surface area contributed by atoms with Gasteiger partial charge in [0.15, 0.2) is 0 Å². The number of hydrogen-bond donors (Lipinski definition) is 1. The number of pyridine rings is 1. The van der Waals surface area contributed by atoms with E-state index in [4.69, 9.17) is 11.6 Å². The van der Waals surface area contributed by atoms with Crippen molar-refractivity contribution in [3.8, 4) is 0 Å². The van der Waals surface area contributed by atoms with Crippen LogP contribution in [0, 0.1) is 13.8 Å². The van der Waals surface area contributed by atoms with Gasteiger partial charge < -0.3 is 10.2 Å². The Kier molecular flexibility index (Phi) is 6.19. The SMILES string of the molecule is Cc1cc(C)c2nc(Cl)c(CN(Cc3ccccc3)C(=O)Nc3ccccc3)cc2c1. The van der Waals surface area contributed by atoms with Crippen molar-refractivity contribution >= 4 is 34.2 Å². The van der Waals surface area contributed by atoms with E-state index in [-0.39, 0.29) is 6.03 Å². The molecule has 0 saturated heterocycles. The monoisotopic (exact) mass is 429 g/mol. The average Bonchev–Trinajstić information content (AvgIpc) is 2.76. The van der Waals surface area contributed by atoms with Gasteiger partial charge in [-0.15, -0.1) is 0 Å². The van der Waals surface area contributed by atoms with E-state index in [0.717, 1.165) is 33.3 Å². The van der Waals surface area contributed by atoms with Crippen LogP contribution in [-0.4, -0.2) is 15.9 Å². The fraction of sp³-hybridized carbons (Fsp3) is 0.154. The van der Waals surface area contributed by atoms with Gasteiger partial charge in [0.25, 0.3) is 0 Å². The number of halogens is 1. The standard InChI is InChI=1S/C26H24ClN3O/c1-18-13-19(2)24-21(14-18)15-22(25(27)29-24)17-30(16-20-9-5-3-6-10-20)26(31)28-23-11-7-4-8-12-23/h3-15H,16-17H2,1-2H3,(H,28,31). The highest BCUT2D eigenvalue weighted by Gasteiger charge is 2.18. The highest BCUT2D eigenvalue weighted by Crippen LogP contribution is 2.26. The van der Waals surface area contributed by atoms with Crippen LogP contribution in [0.1, 0.15) is 22.3 Å². The number of benzene rings is 3. The molecule has 1 heterocycles. The Labute approximate surface area is 187 Å². The molecule has 0 aliphatic carbocycles. The molecule has 5 heteroatoms. The number of carbonyl (C=O) groups excluding carboxylic acids is 1. The van der Waals surface area contributed by atoms with Gasteiger partial charge in [-0.1, -0.05) is 71.8 Å². The second-order valence-corrected chi connectivity index (χ2v) is 8.09. The Morgan fingerprint density at radius 3 is 2.32 bits per heavy atom. The second kappa shape index (κ2) is 9.19. The Morgan fingerprint density at radius 1 is 0.935 bits per heavy atom. The summed E-state index contributed by atoms with van der Waals surface area (Å²) in [5, 5.41) is 4.43. The van der Waals surface area contributed by atoms with E-state index in [2.05, 4.69) is 29.4 Å². The maximum absolute atomic E-state index is 13.2. The Hall–Kier alpha value is -3.37.